The Bertz CT molecular complexity index is 308. The SMILES string of the molecule is [CH2]CC=Cc1cccc(CC)c1CC. The lowest BCUT2D eigenvalue weighted by atomic mass is 9.97. The van der Waals surface area contributed by atoms with Crippen molar-refractivity contribution in [3.05, 3.63) is 47.9 Å². The van der Waals surface area contributed by atoms with E-state index >= 15 is 0 Å². The predicted molar refractivity (Wildman–Crippen MR) is 64.2 cm³/mol. The molecule has 0 atom stereocenters. The lowest BCUT2D eigenvalue weighted by Gasteiger charge is -2.09. The maximum Gasteiger partial charge on any atom is -0.0225 e. The summed E-state index contributed by atoms with van der Waals surface area (Å²) in [7, 11) is 0. The van der Waals surface area contributed by atoms with E-state index in [0.29, 0.717) is 0 Å². The van der Waals surface area contributed by atoms with Crippen molar-refractivity contribution in [3.8, 4) is 0 Å². The van der Waals surface area contributed by atoms with Gasteiger partial charge in [-0.15, -0.1) is 0 Å². The van der Waals surface area contributed by atoms with Crippen LogP contribution in [0, 0.1) is 6.92 Å². The zero-order chi connectivity index (χ0) is 10.4. The molecule has 1 radical (unpaired) electrons. The van der Waals surface area contributed by atoms with Crippen molar-refractivity contribution >= 4 is 6.08 Å². The first-order valence-corrected chi connectivity index (χ1v) is 5.40. The number of hydrogen-bond acceptors (Lipinski definition) is 0. The van der Waals surface area contributed by atoms with Crippen LogP contribution in [0.2, 0.25) is 0 Å². The average Bonchev–Trinajstić information content (AvgIpc) is 2.25. The topological polar surface area (TPSA) is 0 Å². The molecule has 0 aliphatic rings. The summed E-state index contributed by atoms with van der Waals surface area (Å²) in [6, 6.07) is 6.55. The molecule has 0 aliphatic heterocycles. The van der Waals surface area contributed by atoms with Crippen LogP contribution in [-0.4, -0.2) is 0 Å². The van der Waals surface area contributed by atoms with Crippen molar-refractivity contribution in [2.24, 2.45) is 0 Å². The smallest absolute Gasteiger partial charge is 0.0225 e. The Morgan fingerprint density at radius 1 is 1.21 bits per heavy atom. The highest BCUT2D eigenvalue weighted by atomic mass is 14.1. The van der Waals surface area contributed by atoms with Gasteiger partial charge in [0.2, 0.25) is 0 Å². The van der Waals surface area contributed by atoms with Gasteiger partial charge >= 0.3 is 0 Å². The highest BCUT2D eigenvalue weighted by molar-refractivity contribution is 5.56. The Balaban J connectivity index is 3.08. The van der Waals surface area contributed by atoms with E-state index in [1.165, 1.54) is 16.7 Å². The van der Waals surface area contributed by atoms with Crippen molar-refractivity contribution in [3.63, 3.8) is 0 Å². The largest absolute Gasteiger partial charge is 0.0839 e. The van der Waals surface area contributed by atoms with Gasteiger partial charge in [-0.1, -0.05) is 44.2 Å². The molecule has 0 amide bonds. The molecule has 0 spiro atoms. The molecule has 0 aliphatic carbocycles. The van der Waals surface area contributed by atoms with Gasteiger partial charge in [0, 0.05) is 0 Å². The van der Waals surface area contributed by atoms with Gasteiger partial charge in [-0.2, -0.15) is 0 Å². The maximum atomic E-state index is 3.81. The van der Waals surface area contributed by atoms with Crippen molar-refractivity contribution in [1.82, 2.24) is 0 Å². The Kier molecular flexibility index (Phi) is 4.45. The van der Waals surface area contributed by atoms with Crippen LogP contribution in [-0.2, 0) is 12.8 Å². The van der Waals surface area contributed by atoms with E-state index in [2.05, 4.69) is 51.1 Å². The normalized spacial score (nSPS) is 11.1. The summed E-state index contributed by atoms with van der Waals surface area (Å²) in [6.07, 6.45) is 7.40. The van der Waals surface area contributed by atoms with E-state index in [1.807, 2.05) is 0 Å². The van der Waals surface area contributed by atoms with Crippen LogP contribution >= 0.6 is 0 Å². The summed E-state index contributed by atoms with van der Waals surface area (Å²) in [6.45, 7) is 8.24. The Morgan fingerprint density at radius 3 is 2.57 bits per heavy atom. The minimum absolute atomic E-state index is 0.861. The van der Waals surface area contributed by atoms with Crippen LogP contribution in [0.1, 0.15) is 37.0 Å². The summed E-state index contributed by atoms with van der Waals surface area (Å²) in [5, 5.41) is 0. The molecule has 0 saturated heterocycles. The van der Waals surface area contributed by atoms with Crippen molar-refractivity contribution in [2.45, 2.75) is 33.1 Å². The number of hydrogen-bond donors (Lipinski definition) is 0. The monoisotopic (exact) mass is 187 g/mol. The molecule has 0 nitrogen and oxygen atoms in total. The minimum Gasteiger partial charge on any atom is -0.0839 e. The van der Waals surface area contributed by atoms with E-state index in [9.17, 15) is 0 Å². The first-order chi connectivity index (χ1) is 6.83. The lowest BCUT2D eigenvalue weighted by molar-refractivity contribution is 1.03. The summed E-state index contributed by atoms with van der Waals surface area (Å²) >= 11 is 0. The molecule has 0 saturated carbocycles. The minimum atomic E-state index is 0.861. The number of aryl methyl sites for hydroxylation is 1. The fraction of sp³-hybridized carbons (Fsp3) is 0.357. The second kappa shape index (κ2) is 5.64. The fourth-order valence-electron chi connectivity index (χ4n) is 1.78. The Morgan fingerprint density at radius 2 is 2.00 bits per heavy atom. The molecule has 75 valence electrons. The quantitative estimate of drug-likeness (QED) is 0.667. The standard InChI is InChI=1S/C14H19/c1-4-7-9-13-11-8-10-12(5-2)14(13)6-3/h7-11H,1,4-6H2,2-3H3. The maximum absolute atomic E-state index is 3.81. The molecule has 1 aromatic carbocycles. The summed E-state index contributed by atoms with van der Waals surface area (Å²) in [5.41, 5.74) is 4.31. The van der Waals surface area contributed by atoms with Crippen LogP contribution < -0.4 is 0 Å². The number of rotatable bonds is 4. The Hall–Kier alpha value is -1.04. The summed E-state index contributed by atoms with van der Waals surface area (Å²) < 4.78 is 0. The van der Waals surface area contributed by atoms with Gasteiger partial charge in [0.1, 0.15) is 0 Å². The van der Waals surface area contributed by atoms with Gasteiger partial charge in [-0.3, -0.25) is 0 Å². The van der Waals surface area contributed by atoms with Crippen molar-refractivity contribution in [1.29, 1.82) is 0 Å². The molecule has 0 N–H and O–H groups in total. The van der Waals surface area contributed by atoms with Gasteiger partial charge in [0.05, 0.1) is 0 Å². The highest BCUT2D eigenvalue weighted by Crippen LogP contribution is 2.17. The molecule has 0 unspecified atom stereocenters. The van der Waals surface area contributed by atoms with Crippen LogP contribution in [0.5, 0.6) is 0 Å². The van der Waals surface area contributed by atoms with Gasteiger partial charge < -0.3 is 0 Å². The fourth-order valence-corrected chi connectivity index (χ4v) is 1.78. The third-order valence-electron chi connectivity index (χ3n) is 2.51. The van der Waals surface area contributed by atoms with Crippen LogP contribution in [0.15, 0.2) is 24.3 Å². The second-order valence-corrected chi connectivity index (χ2v) is 3.38. The molecule has 0 bridgehead atoms. The van der Waals surface area contributed by atoms with Crippen molar-refractivity contribution < 1.29 is 0 Å². The Labute approximate surface area is 87.7 Å². The molecular weight excluding hydrogens is 168 g/mol. The zero-order valence-electron chi connectivity index (χ0n) is 9.22. The third-order valence-corrected chi connectivity index (χ3v) is 2.51. The number of allylic oxidation sites excluding steroid dienone is 1. The molecule has 0 aromatic heterocycles. The molecule has 0 heteroatoms. The molecule has 1 aromatic rings. The molecule has 1 rings (SSSR count). The van der Waals surface area contributed by atoms with E-state index in [0.717, 1.165) is 19.3 Å². The van der Waals surface area contributed by atoms with E-state index in [4.69, 9.17) is 0 Å². The van der Waals surface area contributed by atoms with Gasteiger partial charge in [-0.25, -0.2) is 0 Å². The number of benzene rings is 1. The van der Waals surface area contributed by atoms with Crippen LogP contribution in [0.3, 0.4) is 0 Å². The third kappa shape index (κ3) is 2.47. The average molecular weight is 187 g/mol. The first-order valence-electron chi connectivity index (χ1n) is 5.40. The van der Waals surface area contributed by atoms with Gasteiger partial charge in [-0.05, 0) is 42.9 Å². The highest BCUT2D eigenvalue weighted by Gasteiger charge is 2.01. The molecule has 0 fully saturated rings. The second-order valence-electron chi connectivity index (χ2n) is 3.38. The van der Waals surface area contributed by atoms with Gasteiger partial charge in [0.15, 0.2) is 0 Å². The van der Waals surface area contributed by atoms with Crippen molar-refractivity contribution in [2.75, 3.05) is 0 Å². The predicted octanol–water partition coefficient (Wildman–Crippen LogP) is 4.05. The molecule has 0 heterocycles. The zero-order valence-corrected chi connectivity index (χ0v) is 9.22. The van der Waals surface area contributed by atoms with Crippen LogP contribution in [0.4, 0.5) is 0 Å². The van der Waals surface area contributed by atoms with E-state index < -0.39 is 0 Å². The first kappa shape index (κ1) is 11.0. The van der Waals surface area contributed by atoms with E-state index in [1.54, 1.807) is 0 Å². The van der Waals surface area contributed by atoms with Crippen LogP contribution in [0.25, 0.3) is 6.08 Å². The van der Waals surface area contributed by atoms with E-state index in [-0.39, 0.29) is 0 Å². The summed E-state index contributed by atoms with van der Waals surface area (Å²) in [4.78, 5) is 0. The molecule has 14 heavy (non-hydrogen) atoms. The van der Waals surface area contributed by atoms with Gasteiger partial charge in [0.25, 0.3) is 0 Å². The summed E-state index contributed by atoms with van der Waals surface area (Å²) in [5.74, 6) is 0. The molecular formula is C14H19. The lowest BCUT2D eigenvalue weighted by Crippen LogP contribution is -1.93.